The van der Waals surface area contributed by atoms with Crippen LogP contribution >= 0.6 is 0 Å². The Kier molecular flexibility index (Phi) is 6.32. The molecule has 0 fully saturated rings. The first-order valence-corrected chi connectivity index (χ1v) is 13.8. The molecule has 0 bridgehead atoms. The van der Waals surface area contributed by atoms with Gasteiger partial charge in [-0.25, -0.2) is 0 Å². The van der Waals surface area contributed by atoms with Crippen molar-refractivity contribution >= 4 is 26.1 Å². The molecule has 0 aliphatic rings. The van der Waals surface area contributed by atoms with E-state index < -0.39 is 36.7 Å². The molecule has 136 valence electrons. The molecule has 0 saturated carbocycles. The fraction of sp³-hybridized carbons (Fsp3) is 0.250. The van der Waals surface area contributed by atoms with Gasteiger partial charge >= 0.3 is 150 Å². The minimum absolute atomic E-state index is 0.433. The Hall–Kier alpha value is -1.76. The molecule has 9 heteroatoms. The van der Waals surface area contributed by atoms with Crippen LogP contribution in [0.5, 0.6) is 11.5 Å². The number of rotatable bonds is 8. The molecule has 0 radical (unpaired) electrons. The van der Waals surface area contributed by atoms with Crippen molar-refractivity contribution in [2.75, 3.05) is 14.2 Å². The Morgan fingerprint density at radius 3 is 1.24 bits per heavy atom. The van der Waals surface area contributed by atoms with Crippen LogP contribution in [0.1, 0.15) is 11.1 Å². The van der Waals surface area contributed by atoms with E-state index in [1.807, 2.05) is 0 Å². The summed E-state index contributed by atoms with van der Waals surface area (Å²) in [5.41, 5.74) is 0.867. The Bertz CT molecular complexity index is 822. The van der Waals surface area contributed by atoms with E-state index >= 15 is 0 Å². The van der Waals surface area contributed by atoms with Crippen LogP contribution in [0.2, 0.25) is 0 Å². The summed E-state index contributed by atoms with van der Waals surface area (Å²) in [6.07, 6.45) is 0. The molecule has 0 unspecified atom stereocenters. The monoisotopic (exact) mass is 482 g/mol. The predicted molar refractivity (Wildman–Crippen MR) is 88.7 cm³/mol. The zero-order valence-electron chi connectivity index (χ0n) is 13.7. The van der Waals surface area contributed by atoms with Crippen LogP contribution in [0.4, 0.5) is 0 Å². The third-order valence-corrected chi connectivity index (χ3v) is 11.5. The summed E-state index contributed by atoms with van der Waals surface area (Å²) >= 11 is -10.2. The van der Waals surface area contributed by atoms with Crippen molar-refractivity contribution in [1.29, 1.82) is 0 Å². The number of hydrogen-bond donors (Lipinski definition) is 0. The maximum absolute atomic E-state index is 12.1. The van der Waals surface area contributed by atoms with Gasteiger partial charge in [0.15, 0.2) is 0 Å². The van der Waals surface area contributed by atoms with Crippen LogP contribution in [0.25, 0.3) is 0 Å². The van der Waals surface area contributed by atoms with Gasteiger partial charge in [-0.2, -0.15) is 0 Å². The molecule has 7 nitrogen and oxygen atoms in total. The summed E-state index contributed by atoms with van der Waals surface area (Å²) in [5.74, 6) is 1.15. The Labute approximate surface area is 149 Å². The first-order valence-electron chi connectivity index (χ1n) is 7.15. The van der Waals surface area contributed by atoms with Gasteiger partial charge in [0.05, 0.1) is 0 Å². The van der Waals surface area contributed by atoms with Crippen molar-refractivity contribution in [3.05, 3.63) is 59.7 Å². The van der Waals surface area contributed by atoms with Gasteiger partial charge < -0.3 is 0 Å². The molecule has 25 heavy (non-hydrogen) atoms. The van der Waals surface area contributed by atoms with E-state index in [0.717, 1.165) is 0 Å². The molecule has 0 spiro atoms. The summed E-state index contributed by atoms with van der Waals surface area (Å²) in [7, 11) is 2.99. The van der Waals surface area contributed by atoms with Crippen LogP contribution in [0.15, 0.2) is 48.5 Å². The average Bonchev–Trinajstić information content (AvgIpc) is 2.54. The van der Waals surface area contributed by atoms with Gasteiger partial charge in [0.25, 0.3) is 0 Å². The van der Waals surface area contributed by atoms with E-state index in [2.05, 4.69) is 2.90 Å². The average molecular weight is 480 g/mol. The molecule has 0 aliphatic heterocycles. The zero-order valence-corrected chi connectivity index (χ0v) is 17.1. The maximum atomic E-state index is 12.1. The molecule has 2 rings (SSSR count). The van der Waals surface area contributed by atoms with Gasteiger partial charge in [-0.1, -0.05) is 0 Å². The SMILES string of the molecule is COc1ccc(C[Se](=O)(=O)O[Se](=O)(=O)Cc2ccc(OC)cc2)cc1. The van der Waals surface area contributed by atoms with Gasteiger partial charge in [-0.05, 0) is 0 Å². The summed E-state index contributed by atoms with van der Waals surface area (Å²) in [6, 6.07) is 12.6. The van der Waals surface area contributed by atoms with E-state index in [-0.39, 0.29) is 0 Å². The van der Waals surface area contributed by atoms with Crippen molar-refractivity contribution in [2.45, 2.75) is 10.6 Å². The first-order chi connectivity index (χ1) is 11.7. The van der Waals surface area contributed by atoms with Crippen LogP contribution < -0.4 is 9.47 Å². The Balaban J connectivity index is 2.06. The molecule has 2 aromatic carbocycles. The van der Waals surface area contributed by atoms with Gasteiger partial charge in [0.2, 0.25) is 0 Å². The molecule has 0 atom stereocenters. The van der Waals surface area contributed by atoms with Crippen LogP contribution in [0.3, 0.4) is 0 Å². The molecule has 0 aliphatic carbocycles. The second-order valence-electron chi connectivity index (χ2n) is 5.17. The Morgan fingerprint density at radius 2 is 0.960 bits per heavy atom. The second kappa shape index (κ2) is 8.08. The van der Waals surface area contributed by atoms with Crippen molar-refractivity contribution in [2.24, 2.45) is 0 Å². The molecule has 0 N–H and O–H groups in total. The third kappa shape index (κ3) is 6.23. The first kappa shape index (κ1) is 19.6. The van der Waals surface area contributed by atoms with Gasteiger partial charge in [0.1, 0.15) is 0 Å². The number of benzene rings is 2. The standard InChI is InChI=1S/C16H18O7Se2/c1-21-15-7-3-13(4-8-15)11-24(17,18)23-25(19,20)12-14-5-9-16(22-2)10-6-14/h3-10H,11-12H2,1-2H3. The summed E-state index contributed by atoms with van der Waals surface area (Å²) < 4.78 is 62.9. The molecule has 0 saturated heterocycles. The van der Waals surface area contributed by atoms with Crippen molar-refractivity contribution in [1.82, 2.24) is 0 Å². The second-order valence-corrected chi connectivity index (χ2v) is 12.8. The van der Waals surface area contributed by atoms with Crippen LogP contribution in [-0.4, -0.2) is 40.3 Å². The van der Waals surface area contributed by atoms with Gasteiger partial charge in [0, 0.05) is 0 Å². The van der Waals surface area contributed by atoms with E-state index in [0.29, 0.717) is 22.6 Å². The molecule has 0 amide bonds. The Morgan fingerprint density at radius 1 is 0.640 bits per heavy atom. The van der Waals surface area contributed by atoms with E-state index in [4.69, 9.17) is 9.47 Å². The van der Waals surface area contributed by atoms with Gasteiger partial charge in [-0.15, -0.1) is 0 Å². The van der Waals surface area contributed by atoms with Crippen LogP contribution in [0, 0.1) is 0 Å². The fourth-order valence-corrected chi connectivity index (χ4v) is 9.94. The predicted octanol–water partition coefficient (Wildman–Crippen LogP) is 2.18. The topological polar surface area (TPSA) is 96.0 Å². The molecule has 0 heterocycles. The summed E-state index contributed by atoms with van der Waals surface area (Å²) in [6.45, 7) is 0. The van der Waals surface area contributed by atoms with Gasteiger partial charge in [-0.3, -0.25) is 0 Å². The van der Waals surface area contributed by atoms with Crippen molar-refractivity contribution in [3.8, 4) is 11.5 Å². The number of methoxy groups -OCH3 is 2. The zero-order chi connectivity index (χ0) is 18.5. The van der Waals surface area contributed by atoms with Crippen LogP contribution in [-0.2, 0) is 28.9 Å². The normalized spacial score (nSPS) is 11.9. The fourth-order valence-electron chi connectivity index (χ4n) is 2.06. The molecule has 0 aromatic heterocycles. The van der Waals surface area contributed by atoms with Crippen molar-refractivity contribution < 1.29 is 27.7 Å². The molecular formula is C16H18O7Se2. The van der Waals surface area contributed by atoms with E-state index in [1.165, 1.54) is 14.2 Å². The van der Waals surface area contributed by atoms with E-state index in [9.17, 15) is 15.3 Å². The number of ether oxygens (including phenoxy) is 2. The van der Waals surface area contributed by atoms with Crippen molar-refractivity contribution in [3.63, 3.8) is 0 Å². The number of hydrogen-bond acceptors (Lipinski definition) is 7. The molecule has 2 aromatic rings. The summed E-state index contributed by atoms with van der Waals surface area (Å²) in [5, 5.41) is -0.931. The quantitative estimate of drug-likeness (QED) is 0.535. The molecular weight excluding hydrogens is 462 g/mol. The summed E-state index contributed by atoms with van der Waals surface area (Å²) in [4.78, 5) is 0. The third-order valence-electron chi connectivity index (χ3n) is 3.21. The van der Waals surface area contributed by atoms with E-state index in [1.54, 1.807) is 48.5 Å². The minimum atomic E-state index is -5.10.